The number of nitrogens with two attached hydrogens (primary N) is 1. The Kier molecular flexibility index (Phi) is 5.78. The van der Waals surface area contributed by atoms with E-state index in [4.69, 9.17) is 15.2 Å². The fourth-order valence-electron chi connectivity index (χ4n) is 1.53. The first-order valence-corrected chi connectivity index (χ1v) is 8.56. The average molecular weight is 322 g/mol. The molecular formula is C11H18N2O5S2. The highest BCUT2D eigenvalue weighted by Crippen LogP contribution is 2.39. The first-order valence-electron chi connectivity index (χ1n) is 5.85. The van der Waals surface area contributed by atoms with E-state index >= 15 is 0 Å². The fourth-order valence-corrected chi connectivity index (χ4v) is 4.02. The Morgan fingerprint density at radius 1 is 1.45 bits per heavy atom. The molecule has 0 spiro atoms. The molecule has 0 atom stereocenters. The summed E-state index contributed by atoms with van der Waals surface area (Å²) in [5, 5.41) is 3.23. The number of anilines is 2. The van der Waals surface area contributed by atoms with Crippen molar-refractivity contribution in [2.45, 2.75) is 11.8 Å². The monoisotopic (exact) mass is 322 g/mol. The molecular weight excluding hydrogens is 304 g/mol. The maximum atomic E-state index is 11.8. The van der Waals surface area contributed by atoms with Crippen LogP contribution in [0.5, 0.6) is 0 Å². The number of esters is 1. The molecule has 0 aromatic carbocycles. The van der Waals surface area contributed by atoms with Gasteiger partial charge in [0.2, 0.25) is 0 Å². The van der Waals surface area contributed by atoms with Crippen molar-refractivity contribution >= 4 is 37.8 Å². The third-order valence-corrected chi connectivity index (χ3v) is 4.76. The molecule has 0 aliphatic heterocycles. The van der Waals surface area contributed by atoms with Crippen molar-refractivity contribution in [1.82, 2.24) is 0 Å². The van der Waals surface area contributed by atoms with Gasteiger partial charge in [-0.2, -0.15) is 0 Å². The molecule has 3 N–H and O–H groups in total. The lowest BCUT2D eigenvalue weighted by Gasteiger charge is -2.05. The van der Waals surface area contributed by atoms with Crippen molar-refractivity contribution in [2.24, 2.45) is 0 Å². The zero-order valence-corrected chi connectivity index (χ0v) is 13.2. The van der Waals surface area contributed by atoms with E-state index in [9.17, 15) is 13.2 Å². The maximum Gasteiger partial charge on any atom is 0.350 e. The van der Waals surface area contributed by atoms with Gasteiger partial charge in [-0.3, -0.25) is 0 Å². The molecule has 0 saturated carbocycles. The summed E-state index contributed by atoms with van der Waals surface area (Å²) < 4.78 is 33.4. The average Bonchev–Trinajstić information content (AvgIpc) is 2.66. The van der Waals surface area contributed by atoms with Crippen LogP contribution < -0.4 is 11.1 Å². The molecule has 0 saturated heterocycles. The zero-order chi connectivity index (χ0) is 15.3. The van der Waals surface area contributed by atoms with Gasteiger partial charge in [0.15, 0.2) is 9.84 Å². The summed E-state index contributed by atoms with van der Waals surface area (Å²) in [5.41, 5.74) is 5.71. The maximum absolute atomic E-state index is 11.8. The molecule has 0 fully saturated rings. The first-order chi connectivity index (χ1) is 9.32. The molecule has 1 aromatic rings. The second kappa shape index (κ2) is 6.91. The Hall–Kier alpha value is -1.32. The van der Waals surface area contributed by atoms with Crippen molar-refractivity contribution in [1.29, 1.82) is 0 Å². The van der Waals surface area contributed by atoms with Gasteiger partial charge in [0, 0.05) is 19.9 Å². The number of carbonyl (C=O) groups excluding carboxylic acids is 1. The standard InChI is InChI=1S/C11H18N2O5S2/c1-4-18-11(14)8-7(12)9(20(3,15)16)10(19-8)13-5-6-17-2/h13H,4-6,12H2,1-3H3. The van der Waals surface area contributed by atoms with Crippen LogP contribution in [0.3, 0.4) is 0 Å². The highest BCUT2D eigenvalue weighted by atomic mass is 32.2. The van der Waals surface area contributed by atoms with Crippen LogP contribution in [-0.4, -0.2) is 47.5 Å². The van der Waals surface area contributed by atoms with E-state index in [1.165, 1.54) is 7.11 Å². The van der Waals surface area contributed by atoms with Gasteiger partial charge in [0.1, 0.15) is 14.8 Å². The molecule has 0 radical (unpaired) electrons. The zero-order valence-electron chi connectivity index (χ0n) is 11.6. The van der Waals surface area contributed by atoms with Crippen LogP contribution in [0, 0.1) is 0 Å². The summed E-state index contributed by atoms with van der Waals surface area (Å²) in [5.74, 6) is -0.625. The van der Waals surface area contributed by atoms with Crippen LogP contribution in [0.1, 0.15) is 16.6 Å². The largest absolute Gasteiger partial charge is 0.462 e. The van der Waals surface area contributed by atoms with Gasteiger partial charge in [-0.05, 0) is 6.92 Å². The van der Waals surface area contributed by atoms with Gasteiger partial charge in [0.05, 0.1) is 18.9 Å². The molecule has 0 amide bonds. The van der Waals surface area contributed by atoms with Gasteiger partial charge in [-0.25, -0.2) is 13.2 Å². The second-order valence-electron chi connectivity index (χ2n) is 3.92. The minimum absolute atomic E-state index is 0.0679. The highest BCUT2D eigenvalue weighted by molar-refractivity contribution is 7.91. The van der Waals surface area contributed by atoms with Crippen LogP contribution in [0.4, 0.5) is 10.7 Å². The Morgan fingerprint density at radius 3 is 2.60 bits per heavy atom. The smallest absolute Gasteiger partial charge is 0.350 e. The molecule has 0 aliphatic rings. The highest BCUT2D eigenvalue weighted by Gasteiger charge is 2.27. The van der Waals surface area contributed by atoms with Crippen molar-refractivity contribution < 1.29 is 22.7 Å². The van der Waals surface area contributed by atoms with E-state index in [0.717, 1.165) is 17.6 Å². The third-order valence-electron chi connectivity index (χ3n) is 2.32. The van der Waals surface area contributed by atoms with E-state index in [1.807, 2.05) is 0 Å². The lowest BCUT2D eigenvalue weighted by molar-refractivity contribution is 0.0533. The molecule has 20 heavy (non-hydrogen) atoms. The van der Waals surface area contributed by atoms with E-state index in [0.29, 0.717) is 18.2 Å². The molecule has 1 rings (SSSR count). The fraction of sp³-hybridized carbons (Fsp3) is 0.545. The summed E-state index contributed by atoms with van der Waals surface area (Å²) in [6.07, 6.45) is 1.04. The topological polar surface area (TPSA) is 108 Å². The lowest BCUT2D eigenvalue weighted by atomic mass is 10.4. The van der Waals surface area contributed by atoms with Gasteiger partial charge in [-0.15, -0.1) is 11.3 Å². The quantitative estimate of drug-likeness (QED) is 0.569. The van der Waals surface area contributed by atoms with Gasteiger partial charge >= 0.3 is 5.97 Å². The Balaban J connectivity index is 3.21. The number of methoxy groups -OCH3 is 1. The Bertz CT molecular complexity index is 580. The Morgan fingerprint density at radius 2 is 2.10 bits per heavy atom. The predicted molar refractivity (Wildman–Crippen MR) is 78.2 cm³/mol. The molecule has 114 valence electrons. The van der Waals surface area contributed by atoms with E-state index in [2.05, 4.69) is 5.32 Å². The van der Waals surface area contributed by atoms with Crippen LogP contribution in [0.2, 0.25) is 0 Å². The van der Waals surface area contributed by atoms with Crippen LogP contribution >= 0.6 is 11.3 Å². The minimum atomic E-state index is -3.55. The second-order valence-corrected chi connectivity index (χ2v) is 6.89. The number of rotatable bonds is 7. The van der Waals surface area contributed by atoms with Gasteiger partial charge in [-0.1, -0.05) is 0 Å². The number of carbonyl (C=O) groups is 1. The molecule has 9 heteroatoms. The van der Waals surface area contributed by atoms with Crippen LogP contribution in [0.15, 0.2) is 4.90 Å². The van der Waals surface area contributed by atoms with Crippen LogP contribution in [-0.2, 0) is 19.3 Å². The lowest BCUT2D eigenvalue weighted by Crippen LogP contribution is -2.10. The number of nitrogen functional groups attached to an aromatic ring is 1. The minimum Gasteiger partial charge on any atom is -0.462 e. The SMILES string of the molecule is CCOC(=O)c1sc(NCCOC)c(S(C)(=O)=O)c1N. The molecule has 0 bridgehead atoms. The Labute approximate surface area is 122 Å². The summed E-state index contributed by atoms with van der Waals surface area (Å²) in [6, 6.07) is 0. The van der Waals surface area contributed by atoms with Crippen molar-refractivity contribution in [2.75, 3.05) is 44.2 Å². The van der Waals surface area contributed by atoms with Crippen molar-refractivity contribution in [3.63, 3.8) is 0 Å². The van der Waals surface area contributed by atoms with Crippen molar-refractivity contribution in [3.8, 4) is 0 Å². The summed E-state index contributed by atoms with van der Waals surface area (Å²) in [6.45, 7) is 2.66. The van der Waals surface area contributed by atoms with E-state index < -0.39 is 15.8 Å². The van der Waals surface area contributed by atoms with E-state index in [1.54, 1.807) is 6.92 Å². The number of ether oxygens (including phenoxy) is 2. The van der Waals surface area contributed by atoms with E-state index in [-0.39, 0.29) is 22.1 Å². The van der Waals surface area contributed by atoms with Crippen LogP contribution in [0.25, 0.3) is 0 Å². The number of hydrogen-bond acceptors (Lipinski definition) is 8. The number of thiophene rings is 1. The van der Waals surface area contributed by atoms with Gasteiger partial charge < -0.3 is 20.5 Å². The number of hydrogen-bond donors (Lipinski definition) is 2. The third kappa shape index (κ3) is 3.84. The molecule has 0 aliphatic carbocycles. The molecule has 0 unspecified atom stereocenters. The summed E-state index contributed by atoms with van der Waals surface area (Å²) in [4.78, 5) is 11.8. The number of nitrogens with one attached hydrogen (secondary N) is 1. The van der Waals surface area contributed by atoms with Gasteiger partial charge in [0.25, 0.3) is 0 Å². The predicted octanol–water partition coefficient (Wildman–Crippen LogP) is 0.969. The normalized spacial score (nSPS) is 11.3. The molecule has 1 aromatic heterocycles. The summed E-state index contributed by atoms with van der Waals surface area (Å²) in [7, 11) is -2.02. The first kappa shape index (κ1) is 16.7. The molecule has 7 nitrogen and oxygen atoms in total. The number of sulfone groups is 1. The summed E-state index contributed by atoms with van der Waals surface area (Å²) >= 11 is 0.966. The van der Waals surface area contributed by atoms with Crippen molar-refractivity contribution in [3.05, 3.63) is 4.88 Å². The molecule has 1 heterocycles.